The predicted molar refractivity (Wildman–Crippen MR) is 60.5 cm³/mol. The van der Waals surface area contributed by atoms with Crippen LogP contribution in [-0.4, -0.2) is 20.2 Å². The fourth-order valence-corrected chi connectivity index (χ4v) is 1.69. The van der Waals surface area contributed by atoms with Gasteiger partial charge in [0.2, 0.25) is 4.73 Å². The van der Waals surface area contributed by atoms with Crippen LogP contribution in [-0.2, 0) is 6.54 Å². The second-order valence-corrected chi connectivity index (χ2v) is 4.24. The van der Waals surface area contributed by atoms with Gasteiger partial charge in [-0.05, 0) is 51.3 Å². The lowest BCUT2D eigenvalue weighted by Crippen LogP contribution is -2.04. The van der Waals surface area contributed by atoms with Crippen LogP contribution in [0, 0.1) is 13.8 Å². The highest BCUT2D eigenvalue weighted by atomic mass is 79.9. The Bertz CT molecular complexity index is 478. The first-order valence-electron chi connectivity index (χ1n) is 4.64. The Hall–Kier alpha value is -1.23. The standard InChI is InChI=1S/C10H11BrN4/c1-7-3-4-8(2)9(5-7)6-15-10(11)12-13-14-15/h3-5H,6H2,1-2H3. The largest absolute Gasteiger partial charge is 0.218 e. The van der Waals surface area contributed by atoms with E-state index in [1.165, 1.54) is 16.7 Å². The monoisotopic (exact) mass is 266 g/mol. The van der Waals surface area contributed by atoms with E-state index < -0.39 is 0 Å². The molecule has 0 fully saturated rings. The normalized spacial score (nSPS) is 10.6. The Morgan fingerprint density at radius 1 is 1.33 bits per heavy atom. The van der Waals surface area contributed by atoms with Crippen molar-refractivity contribution in [1.82, 2.24) is 20.2 Å². The molecule has 1 heterocycles. The fraction of sp³-hybridized carbons (Fsp3) is 0.300. The van der Waals surface area contributed by atoms with Crippen LogP contribution in [0.1, 0.15) is 16.7 Å². The Morgan fingerprint density at radius 3 is 2.80 bits per heavy atom. The van der Waals surface area contributed by atoms with Gasteiger partial charge in [-0.15, -0.1) is 5.10 Å². The van der Waals surface area contributed by atoms with Crippen molar-refractivity contribution < 1.29 is 0 Å². The SMILES string of the molecule is Cc1ccc(C)c(Cn2nnnc2Br)c1. The van der Waals surface area contributed by atoms with Crippen molar-refractivity contribution in [2.45, 2.75) is 20.4 Å². The molecule has 0 N–H and O–H groups in total. The summed E-state index contributed by atoms with van der Waals surface area (Å²) in [5, 5.41) is 11.3. The molecule has 15 heavy (non-hydrogen) atoms. The third-order valence-corrected chi connectivity index (χ3v) is 2.88. The van der Waals surface area contributed by atoms with E-state index in [-0.39, 0.29) is 0 Å². The Labute approximate surface area is 96.4 Å². The van der Waals surface area contributed by atoms with E-state index in [1.807, 2.05) is 0 Å². The second kappa shape index (κ2) is 4.10. The van der Waals surface area contributed by atoms with Crippen molar-refractivity contribution in [3.63, 3.8) is 0 Å². The average Bonchev–Trinajstić information content (AvgIpc) is 2.58. The van der Waals surface area contributed by atoms with Crippen molar-refractivity contribution in [3.8, 4) is 0 Å². The van der Waals surface area contributed by atoms with Crippen molar-refractivity contribution in [2.24, 2.45) is 0 Å². The van der Waals surface area contributed by atoms with E-state index >= 15 is 0 Å². The molecule has 78 valence electrons. The van der Waals surface area contributed by atoms with Crippen LogP contribution in [0.4, 0.5) is 0 Å². The molecule has 0 radical (unpaired) electrons. The van der Waals surface area contributed by atoms with Crippen LogP contribution in [0.3, 0.4) is 0 Å². The Kier molecular flexibility index (Phi) is 2.81. The van der Waals surface area contributed by atoms with Crippen LogP contribution >= 0.6 is 15.9 Å². The van der Waals surface area contributed by atoms with Gasteiger partial charge < -0.3 is 0 Å². The van der Waals surface area contributed by atoms with Crippen LogP contribution < -0.4 is 0 Å². The minimum atomic E-state index is 0.656. The first-order chi connectivity index (χ1) is 7.16. The summed E-state index contributed by atoms with van der Waals surface area (Å²) < 4.78 is 2.38. The zero-order valence-electron chi connectivity index (χ0n) is 8.61. The van der Waals surface area contributed by atoms with Gasteiger partial charge in [-0.3, -0.25) is 0 Å². The van der Waals surface area contributed by atoms with Gasteiger partial charge in [0, 0.05) is 0 Å². The van der Waals surface area contributed by atoms with E-state index in [1.54, 1.807) is 4.68 Å². The summed E-state index contributed by atoms with van der Waals surface area (Å²) in [6.07, 6.45) is 0. The van der Waals surface area contributed by atoms with Gasteiger partial charge in [-0.25, -0.2) is 4.68 Å². The summed E-state index contributed by atoms with van der Waals surface area (Å²) in [7, 11) is 0. The lowest BCUT2D eigenvalue weighted by Gasteiger charge is -2.06. The maximum atomic E-state index is 3.89. The summed E-state index contributed by atoms with van der Waals surface area (Å²) in [5.41, 5.74) is 3.74. The van der Waals surface area contributed by atoms with Crippen molar-refractivity contribution in [2.75, 3.05) is 0 Å². The van der Waals surface area contributed by atoms with E-state index in [4.69, 9.17) is 0 Å². The molecule has 0 aliphatic carbocycles. The topological polar surface area (TPSA) is 43.6 Å². The first kappa shape index (κ1) is 10.3. The minimum absolute atomic E-state index is 0.656. The molecule has 0 spiro atoms. The summed E-state index contributed by atoms with van der Waals surface area (Å²) in [6.45, 7) is 4.87. The highest BCUT2D eigenvalue weighted by Crippen LogP contribution is 2.13. The average molecular weight is 267 g/mol. The van der Waals surface area contributed by atoms with E-state index in [0.29, 0.717) is 11.3 Å². The predicted octanol–water partition coefficient (Wildman–Crippen LogP) is 2.10. The molecule has 0 aliphatic heterocycles. The van der Waals surface area contributed by atoms with Gasteiger partial charge >= 0.3 is 0 Å². The second-order valence-electron chi connectivity index (χ2n) is 3.54. The molecule has 2 rings (SSSR count). The van der Waals surface area contributed by atoms with Gasteiger partial charge in [0.15, 0.2) is 0 Å². The molecule has 5 heteroatoms. The fourth-order valence-electron chi connectivity index (χ4n) is 1.42. The summed E-state index contributed by atoms with van der Waals surface area (Å²) >= 11 is 3.29. The van der Waals surface area contributed by atoms with Crippen LogP contribution in [0.5, 0.6) is 0 Å². The number of benzene rings is 1. The van der Waals surface area contributed by atoms with E-state index in [2.05, 4.69) is 63.5 Å². The zero-order valence-corrected chi connectivity index (χ0v) is 10.2. The number of aryl methyl sites for hydroxylation is 2. The van der Waals surface area contributed by atoms with Gasteiger partial charge in [0.1, 0.15) is 0 Å². The molecule has 0 saturated carbocycles. The zero-order chi connectivity index (χ0) is 10.8. The van der Waals surface area contributed by atoms with E-state index in [0.717, 1.165) is 0 Å². The third-order valence-electron chi connectivity index (χ3n) is 2.31. The van der Waals surface area contributed by atoms with E-state index in [9.17, 15) is 0 Å². The number of aromatic nitrogens is 4. The molecule has 0 atom stereocenters. The molecule has 0 saturated heterocycles. The molecule has 2 aromatic rings. The summed E-state index contributed by atoms with van der Waals surface area (Å²) in [5.74, 6) is 0. The quantitative estimate of drug-likeness (QED) is 0.836. The number of nitrogens with zero attached hydrogens (tertiary/aromatic N) is 4. The van der Waals surface area contributed by atoms with Gasteiger partial charge in [0.05, 0.1) is 6.54 Å². The van der Waals surface area contributed by atoms with Crippen LogP contribution in [0.15, 0.2) is 22.9 Å². The molecule has 0 unspecified atom stereocenters. The molecular formula is C10H11BrN4. The number of hydrogen-bond acceptors (Lipinski definition) is 3. The molecule has 0 amide bonds. The molecule has 1 aromatic carbocycles. The summed E-state index contributed by atoms with van der Waals surface area (Å²) in [4.78, 5) is 0. The van der Waals surface area contributed by atoms with Gasteiger partial charge in [-0.1, -0.05) is 23.8 Å². The number of rotatable bonds is 2. The molecule has 4 nitrogen and oxygen atoms in total. The maximum absolute atomic E-state index is 3.89. The first-order valence-corrected chi connectivity index (χ1v) is 5.44. The lowest BCUT2D eigenvalue weighted by molar-refractivity contribution is 0.635. The molecule has 1 aromatic heterocycles. The van der Waals surface area contributed by atoms with Crippen molar-refractivity contribution >= 4 is 15.9 Å². The molecular weight excluding hydrogens is 256 g/mol. The number of tetrazole rings is 1. The highest BCUT2D eigenvalue weighted by molar-refractivity contribution is 9.10. The molecule has 0 aliphatic rings. The summed E-state index contributed by atoms with van der Waals surface area (Å²) in [6, 6.07) is 6.37. The van der Waals surface area contributed by atoms with Crippen LogP contribution in [0.25, 0.3) is 0 Å². The van der Waals surface area contributed by atoms with Crippen molar-refractivity contribution in [1.29, 1.82) is 0 Å². The number of hydrogen-bond donors (Lipinski definition) is 0. The Balaban J connectivity index is 2.32. The molecule has 0 bridgehead atoms. The lowest BCUT2D eigenvalue weighted by atomic mass is 10.1. The maximum Gasteiger partial charge on any atom is 0.218 e. The minimum Gasteiger partial charge on any atom is -0.216 e. The third kappa shape index (κ3) is 2.23. The highest BCUT2D eigenvalue weighted by Gasteiger charge is 2.05. The van der Waals surface area contributed by atoms with Gasteiger partial charge in [0.25, 0.3) is 0 Å². The van der Waals surface area contributed by atoms with Crippen molar-refractivity contribution in [3.05, 3.63) is 39.6 Å². The van der Waals surface area contributed by atoms with Gasteiger partial charge in [-0.2, -0.15) is 0 Å². The Morgan fingerprint density at radius 2 is 2.13 bits per heavy atom. The number of halogens is 1. The smallest absolute Gasteiger partial charge is 0.216 e. The van der Waals surface area contributed by atoms with Crippen LogP contribution in [0.2, 0.25) is 0 Å².